The molecule has 0 fully saturated rings. The molecule has 2 heterocycles. The van der Waals surface area contributed by atoms with E-state index in [0.29, 0.717) is 56.2 Å². The fraction of sp³-hybridized carbons (Fsp3) is 0.486. The Balaban J connectivity index is 1.48. The van der Waals surface area contributed by atoms with Crippen LogP contribution in [0, 0.1) is 0 Å². The zero-order valence-electron chi connectivity index (χ0n) is 27.7. The number of benzene rings is 2. The molecular formula is C35H48N6O5. The lowest BCUT2D eigenvalue weighted by Gasteiger charge is -2.24. The van der Waals surface area contributed by atoms with Crippen LogP contribution in [0.2, 0.25) is 0 Å². The van der Waals surface area contributed by atoms with Gasteiger partial charge in [0.15, 0.2) is 12.4 Å². The quantitative estimate of drug-likeness (QED) is 0.114. The maximum atomic E-state index is 13.5. The molecule has 0 aliphatic rings. The molecule has 0 aliphatic heterocycles. The Kier molecular flexibility index (Phi) is 13.2. The molecule has 0 saturated heterocycles. The van der Waals surface area contributed by atoms with Gasteiger partial charge in [-0.3, -0.25) is 4.79 Å². The first-order valence-corrected chi connectivity index (χ1v) is 16.1. The van der Waals surface area contributed by atoms with Crippen LogP contribution in [0.25, 0.3) is 21.9 Å². The molecule has 4 rings (SSSR count). The summed E-state index contributed by atoms with van der Waals surface area (Å²) in [6, 6.07) is 15.5. The molecule has 1 amide bonds. The first kappa shape index (κ1) is 34.6. The van der Waals surface area contributed by atoms with E-state index in [2.05, 4.69) is 20.5 Å². The monoisotopic (exact) mass is 632 g/mol. The number of amides is 1. The number of hydrogen-bond acceptors (Lipinski definition) is 9. The van der Waals surface area contributed by atoms with E-state index in [4.69, 9.17) is 24.9 Å². The van der Waals surface area contributed by atoms with Crippen molar-refractivity contribution in [3.63, 3.8) is 0 Å². The number of esters is 1. The maximum absolute atomic E-state index is 13.5. The molecule has 0 saturated carbocycles. The van der Waals surface area contributed by atoms with Gasteiger partial charge in [0, 0.05) is 45.0 Å². The number of nitrogens with two attached hydrogens (primary N) is 1. The van der Waals surface area contributed by atoms with Gasteiger partial charge in [0.05, 0.1) is 24.2 Å². The molecule has 0 bridgehead atoms. The number of nitrogens with zero attached hydrogens (tertiary/aromatic N) is 5. The van der Waals surface area contributed by atoms with Gasteiger partial charge < -0.3 is 34.3 Å². The van der Waals surface area contributed by atoms with E-state index in [0.717, 1.165) is 66.6 Å². The molecule has 11 nitrogen and oxygen atoms in total. The Morgan fingerprint density at radius 3 is 2.57 bits per heavy atom. The number of aromatic nitrogens is 3. The van der Waals surface area contributed by atoms with Gasteiger partial charge >= 0.3 is 5.97 Å². The number of pyridine rings is 1. The molecular weight excluding hydrogens is 584 g/mol. The molecule has 11 heteroatoms. The van der Waals surface area contributed by atoms with Crippen molar-refractivity contribution >= 4 is 39.6 Å². The lowest BCUT2D eigenvalue weighted by molar-refractivity contribution is -0.145. The summed E-state index contributed by atoms with van der Waals surface area (Å²) in [6.45, 7) is 5.22. The molecule has 0 radical (unpaired) electrons. The number of hydrogen-bond donors (Lipinski definition) is 1. The topological polar surface area (TPSA) is 125 Å². The molecule has 0 atom stereocenters. The number of methoxy groups -OCH3 is 1. The van der Waals surface area contributed by atoms with Crippen molar-refractivity contribution in [2.75, 3.05) is 59.8 Å². The van der Waals surface area contributed by atoms with Crippen molar-refractivity contribution in [3.05, 3.63) is 59.9 Å². The molecule has 4 aromatic rings. The smallest absolute Gasteiger partial charge is 0.344 e. The second-order valence-corrected chi connectivity index (χ2v) is 11.7. The lowest BCUT2D eigenvalue weighted by Crippen LogP contribution is -2.31. The molecule has 0 spiro atoms. The Hall–Kier alpha value is -4.22. The summed E-state index contributed by atoms with van der Waals surface area (Å²) in [4.78, 5) is 38.8. The summed E-state index contributed by atoms with van der Waals surface area (Å²) in [5.41, 5.74) is 9.85. The van der Waals surface area contributed by atoms with Crippen LogP contribution >= 0.6 is 0 Å². The fourth-order valence-corrected chi connectivity index (χ4v) is 5.56. The van der Waals surface area contributed by atoms with E-state index in [1.54, 1.807) is 20.1 Å². The lowest BCUT2D eigenvalue weighted by atomic mass is 10.1. The molecule has 0 aliphatic carbocycles. The number of fused-ring (bicyclic) bond motifs is 3. The van der Waals surface area contributed by atoms with Crippen molar-refractivity contribution in [2.45, 2.75) is 58.5 Å². The highest BCUT2D eigenvalue weighted by molar-refractivity contribution is 6.06. The van der Waals surface area contributed by atoms with Crippen LogP contribution < -0.4 is 10.5 Å². The zero-order chi connectivity index (χ0) is 32.9. The minimum atomic E-state index is -0.412. The summed E-state index contributed by atoms with van der Waals surface area (Å²) < 4.78 is 18.2. The van der Waals surface area contributed by atoms with Crippen molar-refractivity contribution in [2.24, 2.45) is 0 Å². The van der Waals surface area contributed by atoms with Gasteiger partial charge in [0.2, 0.25) is 5.91 Å². The minimum absolute atomic E-state index is 0.135. The van der Waals surface area contributed by atoms with Crippen molar-refractivity contribution in [1.82, 2.24) is 24.3 Å². The standard InChI is InChI=1S/C35H48N6O5/c1-5-45-32(43)25-46-27-14-12-13-26(23-27)24-40(31(42)17-8-9-19-39(2)3)20-10-11-21-41-30(18-22-44-4)38-33-34(41)28-15-6-7-16-29(28)37-35(33)36/h6-7,12-16,23H,5,8-11,17-22,24-25H2,1-4H3,(H2,36,37). The van der Waals surface area contributed by atoms with Crippen molar-refractivity contribution < 1.29 is 23.8 Å². The highest BCUT2D eigenvalue weighted by Crippen LogP contribution is 2.29. The molecule has 2 aromatic heterocycles. The molecule has 2 N–H and O–H groups in total. The van der Waals surface area contributed by atoms with Crippen molar-refractivity contribution in [3.8, 4) is 5.75 Å². The Bertz CT molecular complexity index is 1590. The Morgan fingerprint density at radius 2 is 1.78 bits per heavy atom. The number of ether oxygens (including phenoxy) is 3. The van der Waals surface area contributed by atoms with E-state index < -0.39 is 5.97 Å². The third kappa shape index (κ3) is 9.64. The highest BCUT2D eigenvalue weighted by Gasteiger charge is 2.18. The number of nitrogen functional groups attached to an aromatic ring is 1. The summed E-state index contributed by atoms with van der Waals surface area (Å²) >= 11 is 0. The summed E-state index contributed by atoms with van der Waals surface area (Å²) in [5.74, 6) is 1.63. The van der Waals surface area contributed by atoms with Gasteiger partial charge in [0.25, 0.3) is 0 Å². The van der Waals surface area contributed by atoms with Crippen molar-refractivity contribution in [1.29, 1.82) is 0 Å². The van der Waals surface area contributed by atoms with E-state index in [1.807, 2.05) is 55.4 Å². The van der Waals surface area contributed by atoms with Gasteiger partial charge in [-0.1, -0.05) is 30.3 Å². The normalized spacial score (nSPS) is 11.4. The van der Waals surface area contributed by atoms with Crippen LogP contribution in [-0.2, 0) is 38.6 Å². The largest absolute Gasteiger partial charge is 0.482 e. The molecule has 2 aromatic carbocycles. The third-order valence-electron chi connectivity index (χ3n) is 7.81. The number of para-hydroxylation sites is 1. The predicted molar refractivity (Wildman–Crippen MR) is 181 cm³/mol. The Morgan fingerprint density at radius 1 is 0.978 bits per heavy atom. The molecule has 0 unspecified atom stereocenters. The average Bonchev–Trinajstić information content (AvgIpc) is 3.41. The summed E-state index contributed by atoms with van der Waals surface area (Å²) in [7, 11) is 5.78. The second-order valence-electron chi connectivity index (χ2n) is 11.7. The maximum Gasteiger partial charge on any atom is 0.344 e. The van der Waals surface area contributed by atoms with Gasteiger partial charge in [-0.2, -0.15) is 0 Å². The van der Waals surface area contributed by atoms with Crippen LogP contribution in [0.5, 0.6) is 5.75 Å². The van der Waals surface area contributed by atoms with Crippen LogP contribution in [0.1, 0.15) is 50.4 Å². The van der Waals surface area contributed by atoms with Crippen LogP contribution in [0.15, 0.2) is 48.5 Å². The van der Waals surface area contributed by atoms with Crippen LogP contribution in [0.3, 0.4) is 0 Å². The number of carbonyl (C=O) groups is 2. The fourth-order valence-electron chi connectivity index (χ4n) is 5.56. The minimum Gasteiger partial charge on any atom is -0.482 e. The highest BCUT2D eigenvalue weighted by atomic mass is 16.6. The number of carbonyl (C=O) groups excluding carboxylic acids is 2. The number of aryl methyl sites for hydroxylation is 1. The van der Waals surface area contributed by atoms with Crippen LogP contribution in [0.4, 0.5) is 5.82 Å². The van der Waals surface area contributed by atoms with Crippen LogP contribution in [-0.4, -0.2) is 90.3 Å². The second kappa shape index (κ2) is 17.5. The van der Waals surface area contributed by atoms with Gasteiger partial charge in [-0.15, -0.1) is 0 Å². The number of unbranched alkanes of at least 4 members (excludes halogenated alkanes) is 2. The number of imidazole rings is 1. The first-order chi connectivity index (χ1) is 22.3. The SMILES string of the molecule is CCOC(=O)COc1cccc(CN(CCCCn2c(CCOC)nc3c(N)nc4ccccc4c32)C(=O)CCCCN(C)C)c1. The van der Waals surface area contributed by atoms with Gasteiger partial charge in [-0.05, 0) is 77.0 Å². The van der Waals surface area contributed by atoms with Gasteiger partial charge in [0.1, 0.15) is 17.1 Å². The third-order valence-corrected chi connectivity index (χ3v) is 7.81. The van der Waals surface area contributed by atoms with E-state index in [9.17, 15) is 9.59 Å². The van der Waals surface area contributed by atoms with E-state index in [1.165, 1.54) is 0 Å². The van der Waals surface area contributed by atoms with Gasteiger partial charge in [-0.25, -0.2) is 14.8 Å². The average molecular weight is 633 g/mol. The summed E-state index contributed by atoms with van der Waals surface area (Å²) in [5, 5.41) is 1.02. The molecule has 46 heavy (non-hydrogen) atoms. The van der Waals surface area contributed by atoms with E-state index in [-0.39, 0.29) is 12.5 Å². The predicted octanol–water partition coefficient (Wildman–Crippen LogP) is 4.84. The number of anilines is 1. The van der Waals surface area contributed by atoms with E-state index >= 15 is 0 Å². The first-order valence-electron chi connectivity index (χ1n) is 16.1. The Labute approximate surface area is 271 Å². The number of rotatable bonds is 19. The zero-order valence-corrected chi connectivity index (χ0v) is 27.7. The molecule has 248 valence electrons. The summed E-state index contributed by atoms with van der Waals surface area (Å²) in [6.07, 6.45) is 4.61.